The third kappa shape index (κ3) is 5.15. The van der Waals surface area contributed by atoms with Crippen molar-refractivity contribution in [1.29, 1.82) is 0 Å². The van der Waals surface area contributed by atoms with Crippen LogP contribution in [0.2, 0.25) is 0 Å². The first-order valence-electron chi connectivity index (χ1n) is 9.64. The van der Waals surface area contributed by atoms with E-state index in [2.05, 4.69) is 10.0 Å². The number of amides is 1. The Morgan fingerprint density at radius 3 is 2.61 bits per heavy atom. The molecule has 0 bridgehead atoms. The molecule has 1 aromatic carbocycles. The van der Waals surface area contributed by atoms with Crippen LogP contribution < -0.4 is 19.5 Å². The van der Waals surface area contributed by atoms with E-state index in [1.165, 1.54) is 12.1 Å². The molecule has 2 atom stereocenters. The predicted octanol–water partition coefficient (Wildman–Crippen LogP) is 1.30. The van der Waals surface area contributed by atoms with Crippen molar-refractivity contribution < 1.29 is 27.4 Å². The zero-order chi connectivity index (χ0) is 20.1. The zero-order valence-electron chi connectivity index (χ0n) is 16.3. The Bertz CT molecular complexity index is 790. The highest BCUT2D eigenvalue weighted by Crippen LogP contribution is 2.32. The molecular weight excluding hydrogens is 384 g/mol. The largest absolute Gasteiger partial charge is 0.490 e. The molecule has 3 rings (SSSR count). The van der Waals surface area contributed by atoms with E-state index in [1.54, 1.807) is 19.9 Å². The van der Waals surface area contributed by atoms with Gasteiger partial charge in [-0.15, -0.1) is 0 Å². The number of sulfonamides is 1. The van der Waals surface area contributed by atoms with Crippen molar-refractivity contribution >= 4 is 15.9 Å². The van der Waals surface area contributed by atoms with E-state index < -0.39 is 16.1 Å². The molecule has 0 aliphatic carbocycles. The lowest BCUT2D eigenvalue weighted by Crippen LogP contribution is -2.50. The van der Waals surface area contributed by atoms with Crippen LogP contribution in [0.5, 0.6) is 11.5 Å². The fourth-order valence-electron chi connectivity index (χ4n) is 3.14. The molecule has 0 spiro atoms. The lowest BCUT2D eigenvalue weighted by atomic mass is 10.0. The van der Waals surface area contributed by atoms with Crippen molar-refractivity contribution in [2.24, 2.45) is 11.8 Å². The van der Waals surface area contributed by atoms with Crippen LogP contribution in [0, 0.1) is 11.8 Å². The fourth-order valence-corrected chi connectivity index (χ4v) is 4.50. The topological polar surface area (TPSA) is 103 Å². The zero-order valence-corrected chi connectivity index (χ0v) is 17.1. The molecule has 2 aliphatic heterocycles. The van der Waals surface area contributed by atoms with Crippen LogP contribution in [0.25, 0.3) is 0 Å². The lowest BCUT2D eigenvalue weighted by Gasteiger charge is -2.22. The van der Waals surface area contributed by atoms with Crippen molar-refractivity contribution in [3.63, 3.8) is 0 Å². The van der Waals surface area contributed by atoms with Crippen molar-refractivity contribution in [3.8, 4) is 11.5 Å². The van der Waals surface area contributed by atoms with Gasteiger partial charge in [0.25, 0.3) is 0 Å². The summed E-state index contributed by atoms with van der Waals surface area (Å²) in [7, 11) is -3.90. The molecule has 2 aliphatic rings. The molecule has 2 N–H and O–H groups in total. The molecule has 8 nitrogen and oxygen atoms in total. The number of benzene rings is 1. The van der Waals surface area contributed by atoms with Gasteiger partial charge in [0.1, 0.15) is 6.04 Å². The van der Waals surface area contributed by atoms with Gasteiger partial charge >= 0.3 is 0 Å². The lowest BCUT2D eigenvalue weighted by molar-refractivity contribution is -0.123. The summed E-state index contributed by atoms with van der Waals surface area (Å²) in [6.07, 6.45) is 1.63. The number of carbonyl (C=O) groups excluding carboxylic acids is 1. The van der Waals surface area contributed by atoms with E-state index in [1.807, 2.05) is 0 Å². The second kappa shape index (κ2) is 9.11. The van der Waals surface area contributed by atoms with E-state index in [4.69, 9.17) is 14.2 Å². The van der Waals surface area contributed by atoms with Crippen molar-refractivity contribution in [2.75, 3.05) is 33.0 Å². The average molecular weight is 413 g/mol. The third-order valence-electron chi connectivity index (χ3n) is 4.85. The monoisotopic (exact) mass is 412 g/mol. The number of nitrogens with one attached hydrogen (secondary N) is 2. The second-order valence-corrected chi connectivity index (χ2v) is 9.19. The minimum Gasteiger partial charge on any atom is -0.490 e. The average Bonchev–Trinajstić information content (AvgIpc) is 3.07. The Balaban J connectivity index is 1.70. The van der Waals surface area contributed by atoms with Crippen LogP contribution in [0.3, 0.4) is 0 Å². The predicted molar refractivity (Wildman–Crippen MR) is 103 cm³/mol. The van der Waals surface area contributed by atoms with E-state index in [0.29, 0.717) is 44.5 Å². The Morgan fingerprint density at radius 2 is 1.93 bits per heavy atom. The summed E-state index contributed by atoms with van der Waals surface area (Å²) in [6.45, 7) is 6.40. The number of fused-ring (bicyclic) bond motifs is 1. The molecule has 1 saturated heterocycles. The maximum Gasteiger partial charge on any atom is 0.241 e. The Kier molecular flexibility index (Phi) is 6.79. The molecule has 0 aromatic heterocycles. The Hall–Kier alpha value is -1.84. The van der Waals surface area contributed by atoms with Gasteiger partial charge in [-0.25, -0.2) is 8.42 Å². The Labute approximate surface area is 166 Å². The van der Waals surface area contributed by atoms with Gasteiger partial charge in [0, 0.05) is 31.6 Å². The third-order valence-corrected chi connectivity index (χ3v) is 6.29. The minimum absolute atomic E-state index is 0.0411. The summed E-state index contributed by atoms with van der Waals surface area (Å²) in [6, 6.07) is 3.61. The molecule has 9 heteroatoms. The quantitative estimate of drug-likeness (QED) is 0.700. The molecule has 1 aromatic rings. The summed E-state index contributed by atoms with van der Waals surface area (Å²) in [5.74, 6) is 0.644. The van der Waals surface area contributed by atoms with Gasteiger partial charge in [0.15, 0.2) is 11.5 Å². The van der Waals surface area contributed by atoms with Crippen LogP contribution in [0.1, 0.15) is 26.7 Å². The van der Waals surface area contributed by atoms with Gasteiger partial charge in [-0.2, -0.15) is 4.72 Å². The number of hydrogen-bond donors (Lipinski definition) is 2. The minimum atomic E-state index is -3.90. The number of ether oxygens (including phenoxy) is 3. The number of carbonyl (C=O) groups is 1. The van der Waals surface area contributed by atoms with Crippen LogP contribution >= 0.6 is 0 Å². The second-order valence-electron chi connectivity index (χ2n) is 7.48. The van der Waals surface area contributed by atoms with E-state index in [-0.39, 0.29) is 22.6 Å². The summed E-state index contributed by atoms with van der Waals surface area (Å²) in [4.78, 5) is 12.6. The van der Waals surface area contributed by atoms with Gasteiger partial charge in [-0.3, -0.25) is 4.79 Å². The van der Waals surface area contributed by atoms with Gasteiger partial charge in [-0.05, 0) is 24.5 Å². The molecule has 2 unspecified atom stereocenters. The number of hydrogen-bond acceptors (Lipinski definition) is 6. The van der Waals surface area contributed by atoms with Crippen LogP contribution in [-0.4, -0.2) is 53.3 Å². The van der Waals surface area contributed by atoms with E-state index in [9.17, 15) is 13.2 Å². The van der Waals surface area contributed by atoms with Gasteiger partial charge < -0.3 is 19.5 Å². The molecule has 156 valence electrons. The van der Waals surface area contributed by atoms with Crippen molar-refractivity contribution in [2.45, 2.75) is 37.6 Å². The molecular formula is C19H28N2O6S. The van der Waals surface area contributed by atoms with Crippen LogP contribution in [0.15, 0.2) is 23.1 Å². The first-order chi connectivity index (χ1) is 13.4. The van der Waals surface area contributed by atoms with Crippen molar-refractivity contribution in [3.05, 3.63) is 18.2 Å². The first kappa shape index (κ1) is 20.9. The molecule has 1 amide bonds. The highest BCUT2D eigenvalue weighted by molar-refractivity contribution is 7.89. The molecule has 28 heavy (non-hydrogen) atoms. The van der Waals surface area contributed by atoms with Crippen LogP contribution in [-0.2, 0) is 19.6 Å². The highest BCUT2D eigenvalue weighted by atomic mass is 32.2. The van der Waals surface area contributed by atoms with Crippen molar-refractivity contribution in [1.82, 2.24) is 10.0 Å². The molecule has 0 radical (unpaired) electrons. The fraction of sp³-hybridized carbons (Fsp3) is 0.632. The normalized spacial score (nSPS) is 20.6. The molecule has 2 heterocycles. The summed E-state index contributed by atoms with van der Waals surface area (Å²) >= 11 is 0. The summed E-state index contributed by atoms with van der Waals surface area (Å²) < 4.78 is 44.7. The van der Waals surface area contributed by atoms with Gasteiger partial charge in [0.2, 0.25) is 15.9 Å². The van der Waals surface area contributed by atoms with Crippen LogP contribution in [0.4, 0.5) is 0 Å². The smallest absolute Gasteiger partial charge is 0.241 e. The summed E-state index contributed by atoms with van der Waals surface area (Å²) in [5, 5.41) is 2.85. The first-order valence-corrected chi connectivity index (χ1v) is 11.1. The Morgan fingerprint density at radius 1 is 1.18 bits per heavy atom. The van der Waals surface area contributed by atoms with E-state index >= 15 is 0 Å². The maximum absolute atomic E-state index is 12.9. The highest BCUT2D eigenvalue weighted by Gasteiger charge is 2.30. The molecule has 0 saturated carbocycles. The molecule has 1 fully saturated rings. The van der Waals surface area contributed by atoms with Gasteiger partial charge in [-0.1, -0.05) is 13.8 Å². The number of rotatable bonds is 7. The SMILES string of the molecule is CC(C)C(NS(=O)(=O)c1ccc2c(c1)OCCCO2)C(=O)NCC1CCOC1. The summed E-state index contributed by atoms with van der Waals surface area (Å²) in [5.41, 5.74) is 0. The van der Waals surface area contributed by atoms with E-state index in [0.717, 1.165) is 12.8 Å². The standard InChI is InChI=1S/C19H28N2O6S/c1-13(2)18(19(22)20-11-14-6-9-25-12-14)21-28(23,24)15-4-5-16-17(10-15)27-8-3-7-26-16/h4-5,10,13-14,18,21H,3,6-9,11-12H2,1-2H3,(H,20,22). The van der Waals surface area contributed by atoms with Gasteiger partial charge in [0.05, 0.1) is 24.7 Å². The maximum atomic E-state index is 12.9.